The van der Waals surface area contributed by atoms with Crippen molar-refractivity contribution in [3.63, 3.8) is 0 Å². The molecule has 0 aromatic heterocycles. The molecule has 5 nitrogen and oxygen atoms in total. The van der Waals surface area contributed by atoms with Gasteiger partial charge in [0.1, 0.15) is 5.82 Å². The van der Waals surface area contributed by atoms with Gasteiger partial charge in [-0.2, -0.15) is 0 Å². The van der Waals surface area contributed by atoms with Crippen LogP contribution in [0.2, 0.25) is 0 Å². The van der Waals surface area contributed by atoms with Gasteiger partial charge in [-0.05, 0) is 61.2 Å². The fraction of sp³-hybridized carbons (Fsp3) is 0.333. The van der Waals surface area contributed by atoms with Crippen LogP contribution < -0.4 is 15.5 Å². The van der Waals surface area contributed by atoms with E-state index >= 15 is 0 Å². The van der Waals surface area contributed by atoms with E-state index < -0.39 is 0 Å². The van der Waals surface area contributed by atoms with Gasteiger partial charge in [0.05, 0.1) is 6.54 Å². The minimum Gasteiger partial charge on any atom is -0.362 e. The molecule has 3 rings (SSSR count). The summed E-state index contributed by atoms with van der Waals surface area (Å²) >= 11 is 0. The van der Waals surface area contributed by atoms with Gasteiger partial charge < -0.3 is 15.5 Å². The molecular formula is C21H24FN3O2. The van der Waals surface area contributed by atoms with Crippen molar-refractivity contribution in [1.29, 1.82) is 0 Å². The van der Waals surface area contributed by atoms with Crippen molar-refractivity contribution in [2.75, 3.05) is 29.9 Å². The second kappa shape index (κ2) is 8.66. The van der Waals surface area contributed by atoms with E-state index in [2.05, 4.69) is 15.5 Å². The molecule has 0 atom stereocenters. The van der Waals surface area contributed by atoms with Gasteiger partial charge in [-0.3, -0.25) is 9.59 Å². The van der Waals surface area contributed by atoms with Crippen molar-refractivity contribution in [2.24, 2.45) is 0 Å². The average Bonchev–Trinajstić information content (AvgIpc) is 2.67. The molecule has 0 bridgehead atoms. The molecule has 0 fully saturated rings. The van der Waals surface area contributed by atoms with E-state index in [0.29, 0.717) is 18.7 Å². The van der Waals surface area contributed by atoms with E-state index in [1.54, 1.807) is 0 Å². The molecule has 2 amide bonds. The molecule has 0 saturated carbocycles. The maximum absolute atomic E-state index is 13.1. The molecule has 1 aliphatic heterocycles. The molecular weight excluding hydrogens is 345 g/mol. The number of benzene rings is 2. The summed E-state index contributed by atoms with van der Waals surface area (Å²) in [5, 5.41) is 5.83. The second-order valence-electron chi connectivity index (χ2n) is 6.64. The average molecular weight is 369 g/mol. The number of nitrogens with zero attached hydrogens (tertiary/aromatic N) is 1. The molecule has 1 heterocycles. The molecule has 0 unspecified atom stereocenters. The number of hydrogen-bond donors (Lipinski definition) is 2. The van der Waals surface area contributed by atoms with Crippen LogP contribution in [-0.2, 0) is 11.2 Å². The summed E-state index contributed by atoms with van der Waals surface area (Å²) in [6.45, 7) is 3.81. The second-order valence-corrected chi connectivity index (χ2v) is 6.64. The number of amides is 2. The molecule has 6 heteroatoms. The lowest BCUT2D eigenvalue weighted by Gasteiger charge is -2.32. The van der Waals surface area contributed by atoms with Crippen molar-refractivity contribution >= 4 is 23.2 Å². The third kappa shape index (κ3) is 4.64. The third-order valence-electron chi connectivity index (χ3n) is 4.61. The Balaban J connectivity index is 1.77. The third-order valence-corrected chi connectivity index (χ3v) is 4.61. The molecule has 1 aliphatic rings. The van der Waals surface area contributed by atoms with E-state index in [0.717, 1.165) is 42.7 Å². The molecule has 0 aliphatic carbocycles. The van der Waals surface area contributed by atoms with Crippen LogP contribution in [0.4, 0.5) is 15.8 Å². The first-order chi connectivity index (χ1) is 13.1. The Bertz CT molecular complexity index is 821. The highest BCUT2D eigenvalue weighted by Crippen LogP contribution is 2.33. The largest absolute Gasteiger partial charge is 0.362 e. The van der Waals surface area contributed by atoms with Crippen LogP contribution in [0.5, 0.6) is 0 Å². The van der Waals surface area contributed by atoms with Gasteiger partial charge in [0.15, 0.2) is 0 Å². The van der Waals surface area contributed by atoms with Gasteiger partial charge in [-0.25, -0.2) is 4.39 Å². The number of hydrogen-bond acceptors (Lipinski definition) is 3. The summed E-state index contributed by atoms with van der Waals surface area (Å²) in [5.74, 6) is -0.646. The van der Waals surface area contributed by atoms with E-state index in [-0.39, 0.29) is 17.6 Å². The van der Waals surface area contributed by atoms with E-state index in [9.17, 15) is 14.0 Å². The van der Waals surface area contributed by atoms with Gasteiger partial charge in [-0.15, -0.1) is 0 Å². The predicted octanol–water partition coefficient (Wildman–Crippen LogP) is 3.36. The minimum absolute atomic E-state index is 0.00505. The molecule has 142 valence electrons. The summed E-state index contributed by atoms with van der Waals surface area (Å²) < 4.78 is 13.1. The Morgan fingerprint density at radius 3 is 2.67 bits per heavy atom. The van der Waals surface area contributed by atoms with Crippen molar-refractivity contribution in [3.05, 3.63) is 59.4 Å². The smallest absolute Gasteiger partial charge is 0.255 e. The lowest BCUT2D eigenvalue weighted by atomic mass is 9.99. The first-order valence-electron chi connectivity index (χ1n) is 9.29. The van der Waals surface area contributed by atoms with Crippen LogP contribution in [0, 0.1) is 5.82 Å². The Labute approximate surface area is 158 Å². The van der Waals surface area contributed by atoms with Gasteiger partial charge in [-0.1, -0.05) is 13.0 Å². The number of fused-ring (bicyclic) bond motifs is 1. The molecule has 0 radical (unpaired) electrons. The maximum Gasteiger partial charge on any atom is 0.255 e. The molecule has 2 N–H and O–H groups in total. The molecule has 2 aromatic rings. The fourth-order valence-electron chi connectivity index (χ4n) is 3.27. The van der Waals surface area contributed by atoms with Crippen molar-refractivity contribution in [1.82, 2.24) is 5.32 Å². The van der Waals surface area contributed by atoms with Gasteiger partial charge in [0.2, 0.25) is 5.91 Å². The number of rotatable bonds is 6. The molecule has 27 heavy (non-hydrogen) atoms. The van der Waals surface area contributed by atoms with Crippen molar-refractivity contribution < 1.29 is 14.0 Å². The van der Waals surface area contributed by atoms with Gasteiger partial charge >= 0.3 is 0 Å². The summed E-state index contributed by atoms with van der Waals surface area (Å²) in [7, 11) is 0. The Morgan fingerprint density at radius 1 is 1.15 bits per heavy atom. The fourth-order valence-corrected chi connectivity index (χ4v) is 3.27. The normalized spacial score (nSPS) is 13.0. The first-order valence-corrected chi connectivity index (χ1v) is 9.29. The molecule has 0 spiro atoms. The summed E-state index contributed by atoms with van der Waals surface area (Å²) in [4.78, 5) is 26.6. The van der Waals surface area contributed by atoms with Crippen LogP contribution in [0.1, 0.15) is 35.7 Å². The van der Waals surface area contributed by atoms with E-state index in [4.69, 9.17) is 0 Å². The lowest BCUT2D eigenvalue weighted by molar-refractivity contribution is -0.119. The first kappa shape index (κ1) is 18.9. The zero-order valence-electron chi connectivity index (χ0n) is 15.4. The van der Waals surface area contributed by atoms with Crippen LogP contribution in [0.15, 0.2) is 42.5 Å². The number of anilines is 2. The highest BCUT2D eigenvalue weighted by molar-refractivity contribution is 6.05. The van der Waals surface area contributed by atoms with Crippen LogP contribution in [0.25, 0.3) is 0 Å². The maximum atomic E-state index is 13.1. The summed E-state index contributed by atoms with van der Waals surface area (Å²) in [6.07, 6.45) is 2.65. The van der Waals surface area contributed by atoms with Gasteiger partial charge in [0, 0.05) is 30.0 Å². The van der Waals surface area contributed by atoms with Crippen LogP contribution in [0.3, 0.4) is 0 Å². The summed E-state index contributed by atoms with van der Waals surface area (Å²) in [5.41, 5.74) is 3.15. The predicted molar refractivity (Wildman–Crippen MR) is 105 cm³/mol. The van der Waals surface area contributed by atoms with Crippen molar-refractivity contribution in [2.45, 2.75) is 26.2 Å². The topological polar surface area (TPSA) is 61.4 Å². The zero-order valence-corrected chi connectivity index (χ0v) is 15.4. The Kier molecular flexibility index (Phi) is 6.06. The molecule has 2 aromatic carbocycles. The lowest BCUT2D eigenvalue weighted by Crippen LogP contribution is -2.40. The SMILES string of the molecule is CCCNC(=O)CN1CCCc2c(NC(=O)c3ccc(F)cc3)cccc21. The summed E-state index contributed by atoms with van der Waals surface area (Å²) in [6, 6.07) is 11.2. The Hall–Kier alpha value is -2.89. The number of carbonyl (C=O) groups is 2. The minimum atomic E-state index is -0.374. The number of carbonyl (C=O) groups excluding carboxylic acids is 2. The number of halogens is 1. The van der Waals surface area contributed by atoms with E-state index in [1.807, 2.05) is 25.1 Å². The van der Waals surface area contributed by atoms with Crippen LogP contribution >= 0.6 is 0 Å². The zero-order chi connectivity index (χ0) is 19.2. The Morgan fingerprint density at radius 2 is 1.93 bits per heavy atom. The monoisotopic (exact) mass is 369 g/mol. The van der Waals surface area contributed by atoms with Crippen molar-refractivity contribution in [3.8, 4) is 0 Å². The van der Waals surface area contributed by atoms with Gasteiger partial charge in [0.25, 0.3) is 5.91 Å². The number of nitrogens with one attached hydrogen (secondary N) is 2. The molecule has 0 saturated heterocycles. The quantitative estimate of drug-likeness (QED) is 0.821. The highest BCUT2D eigenvalue weighted by atomic mass is 19.1. The highest BCUT2D eigenvalue weighted by Gasteiger charge is 2.22. The van der Waals surface area contributed by atoms with Crippen LogP contribution in [-0.4, -0.2) is 31.4 Å². The standard InChI is InChI=1S/C21H24FN3O2/c1-2-12-23-20(26)14-25-13-4-5-17-18(6-3-7-19(17)25)24-21(27)15-8-10-16(22)11-9-15/h3,6-11H,2,4-5,12-14H2,1H3,(H,23,26)(H,24,27). The van der Waals surface area contributed by atoms with E-state index in [1.165, 1.54) is 24.3 Å².